The summed E-state index contributed by atoms with van der Waals surface area (Å²) in [5.74, 6) is 0.706. The maximum Gasteiger partial charge on any atom is 0.314 e. The van der Waals surface area contributed by atoms with E-state index in [1.807, 2.05) is 6.92 Å². The van der Waals surface area contributed by atoms with Gasteiger partial charge in [-0.25, -0.2) is 0 Å². The summed E-state index contributed by atoms with van der Waals surface area (Å²) in [6.45, 7) is 12.6. The lowest BCUT2D eigenvalue weighted by Gasteiger charge is -2.62. The second-order valence-corrected chi connectivity index (χ2v) is 13.0. The van der Waals surface area contributed by atoms with E-state index < -0.39 is 22.9 Å². The van der Waals surface area contributed by atoms with Crippen LogP contribution in [-0.4, -0.2) is 44.3 Å². The van der Waals surface area contributed by atoms with Crippen LogP contribution in [0, 0.1) is 29.1 Å². The molecule has 6 nitrogen and oxygen atoms in total. The van der Waals surface area contributed by atoms with Crippen molar-refractivity contribution in [3.8, 4) is 11.5 Å². The number of carbonyl (C=O) groups is 2. The number of esters is 1. The molecule has 0 aliphatic heterocycles. The van der Waals surface area contributed by atoms with Gasteiger partial charge in [-0.3, -0.25) is 9.59 Å². The SMILES string of the molecule is COC(=O)C1(C)CC2C(C)(CC(C)=C3C4=CCc5c(cc(OC)c(OC)c5C)C4(C)CCC32C)C(=O)C1O. The second kappa shape index (κ2) is 8.45. The monoisotopic (exact) mass is 522 g/mol. The molecular formula is C32H42O6. The molecule has 0 saturated heterocycles. The van der Waals surface area contributed by atoms with Gasteiger partial charge in [0.15, 0.2) is 17.3 Å². The van der Waals surface area contributed by atoms with E-state index in [1.54, 1.807) is 21.1 Å². The quantitative estimate of drug-likeness (QED) is 0.535. The molecule has 1 N–H and O–H groups in total. The normalized spacial score (nSPS) is 37.8. The molecule has 38 heavy (non-hydrogen) atoms. The van der Waals surface area contributed by atoms with Crippen LogP contribution in [0.25, 0.3) is 0 Å². The predicted molar refractivity (Wildman–Crippen MR) is 145 cm³/mol. The van der Waals surface area contributed by atoms with Crippen molar-refractivity contribution in [3.05, 3.63) is 45.6 Å². The van der Waals surface area contributed by atoms with E-state index in [2.05, 4.69) is 39.8 Å². The minimum atomic E-state index is -1.37. The molecule has 6 heteroatoms. The highest BCUT2D eigenvalue weighted by atomic mass is 16.5. The van der Waals surface area contributed by atoms with Crippen LogP contribution in [0.15, 0.2) is 28.9 Å². The maximum absolute atomic E-state index is 13.8. The van der Waals surface area contributed by atoms with Gasteiger partial charge in [0.25, 0.3) is 0 Å². The first-order valence-electron chi connectivity index (χ1n) is 13.7. The highest BCUT2D eigenvalue weighted by molar-refractivity contribution is 5.96. The van der Waals surface area contributed by atoms with Gasteiger partial charge in [-0.1, -0.05) is 32.4 Å². The number of fused-ring (bicyclic) bond motifs is 7. The average Bonchev–Trinajstić information content (AvgIpc) is 2.88. The Kier molecular flexibility index (Phi) is 6.00. The molecule has 0 radical (unpaired) electrons. The van der Waals surface area contributed by atoms with Crippen LogP contribution in [0.3, 0.4) is 0 Å². The summed E-state index contributed by atoms with van der Waals surface area (Å²) < 4.78 is 16.6. The highest BCUT2D eigenvalue weighted by Crippen LogP contribution is 2.69. The molecule has 1 aromatic rings. The van der Waals surface area contributed by atoms with Gasteiger partial charge in [-0.05, 0) is 98.1 Å². The molecule has 4 aliphatic carbocycles. The third-order valence-corrected chi connectivity index (χ3v) is 11.0. The van der Waals surface area contributed by atoms with Crippen molar-refractivity contribution < 1.29 is 28.9 Å². The molecule has 5 rings (SSSR count). The van der Waals surface area contributed by atoms with Gasteiger partial charge < -0.3 is 19.3 Å². The Morgan fingerprint density at radius 3 is 2.32 bits per heavy atom. The Bertz CT molecular complexity index is 1310. The number of Topliss-reactive ketones (excluding diaryl/α,β-unsaturated/α-hetero) is 1. The van der Waals surface area contributed by atoms with E-state index in [1.165, 1.54) is 35.0 Å². The molecule has 206 valence electrons. The minimum absolute atomic E-state index is 0.0901. The summed E-state index contributed by atoms with van der Waals surface area (Å²) in [6, 6.07) is 2.16. The molecule has 0 bridgehead atoms. The first-order chi connectivity index (χ1) is 17.7. The van der Waals surface area contributed by atoms with Crippen molar-refractivity contribution in [2.75, 3.05) is 21.3 Å². The molecular weight excluding hydrogens is 480 g/mol. The fourth-order valence-electron chi connectivity index (χ4n) is 8.94. The lowest BCUT2D eigenvalue weighted by molar-refractivity contribution is -0.184. The van der Waals surface area contributed by atoms with E-state index >= 15 is 0 Å². The molecule has 1 aromatic carbocycles. The second-order valence-electron chi connectivity index (χ2n) is 13.0. The summed E-state index contributed by atoms with van der Waals surface area (Å²) >= 11 is 0. The van der Waals surface area contributed by atoms with Crippen molar-refractivity contribution in [2.45, 2.75) is 85.2 Å². The fraction of sp³-hybridized carbons (Fsp3) is 0.625. The largest absolute Gasteiger partial charge is 0.493 e. The van der Waals surface area contributed by atoms with Gasteiger partial charge in [-0.15, -0.1) is 0 Å². The van der Waals surface area contributed by atoms with Crippen molar-refractivity contribution in [1.82, 2.24) is 0 Å². The van der Waals surface area contributed by atoms with Crippen LogP contribution < -0.4 is 9.47 Å². The van der Waals surface area contributed by atoms with Gasteiger partial charge in [0.05, 0.1) is 26.7 Å². The van der Waals surface area contributed by atoms with Crippen LogP contribution >= 0.6 is 0 Å². The Morgan fingerprint density at radius 2 is 1.71 bits per heavy atom. The third kappa shape index (κ3) is 3.16. The minimum Gasteiger partial charge on any atom is -0.493 e. The van der Waals surface area contributed by atoms with Gasteiger partial charge in [-0.2, -0.15) is 0 Å². The van der Waals surface area contributed by atoms with E-state index in [0.29, 0.717) is 12.8 Å². The van der Waals surface area contributed by atoms with Gasteiger partial charge in [0.1, 0.15) is 6.10 Å². The molecule has 6 unspecified atom stereocenters. The fourth-order valence-corrected chi connectivity index (χ4v) is 8.94. The van der Waals surface area contributed by atoms with Crippen LogP contribution in [0.5, 0.6) is 11.5 Å². The molecule has 0 spiro atoms. The summed E-state index contributed by atoms with van der Waals surface area (Å²) in [6.07, 6.45) is 4.61. The number of allylic oxidation sites excluding steroid dienone is 4. The van der Waals surface area contributed by atoms with E-state index in [-0.39, 0.29) is 22.5 Å². The van der Waals surface area contributed by atoms with Crippen LogP contribution in [0.1, 0.15) is 77.0 Å². The number of hydrogen-bond donors (Lipinski definition) is 1. The molecule has 2 fully saturated rings. The Labute approximate surface area is 226 Å². The van der Waals surface area contributed by atoms with Gasteiger partial charge in [0.2, 0.25) is 0 Å². The lowest BCUT2D eigenvalue weighted by atomic mass is 9.40. The van der Waals surface area contributed by atoms with Crippen molar-refractivity contribution in [3.63, 3.8) is 0 Å². The number of benzene rings is 1. The lowest BCUT2D eigenvalue weighted by Crippen LogP contribution is -2.64. The standard InChI is InChI=1S/C32H42O6/c1-17-15-31(5)23(16-32(6,28(35)38-9)27(34)26(31)33)30(4)13-12-29(3)20(24(17)30)11-10-19-18(2)25(37-8)22(36-7)14-21(19)29/h11,14,23,27,34H,10,12-13,15-16H2,1-9H3. The van der Waals surface area contributed by atoms with E-state index in [0.717, 1.165) is 36.3 Å². The Balaban J connectivity index is 1.68. The highest BCUT2D eigenvalue weighted by Gasteiger charge is 2.67. The van der Waals surface area contributed by atoms with Crippen molar-refractivity contribution >= 4 is 11.8 Å². The average molecular weight is 523 g/mol. The number of aliphatic hydroxyl groups is 1. The molecule has 0 amide bonds. The smallest absolute Gasteiger partial charge is 0.314 e. The van der Waals surface area contributed by atoms with Crippen molar-refractivity contribution in [2.24, 2.45) is 22.2 Å². The summed E-state index contributed by atoms with van der Waals surface area (Å²) in [4.78, 5) is 26.8. The van der Waals surface area contributed by atoms with Gasteiger partial charge in [0, 0.05) is 10.8 Å². The topological polar surface area (TPSA) is 82.1 Å². The Hall–Kier alpha value is -2.60. The zero-order chi connectivity index (χ0) is 28.0. The first kappa shape index (κ1) is 27.0. The van der Waals surface area contributed by atoms with Gasteiger partial charge >= 0.3 is 5.97 Å². The van der Waals surface area contributed by atoms with Crippen molar-refractivity contribution in [1.29, 1.82) is 0 Å². The first-order valence-corrected chi connectivity index (χ1v) is 13.7. The summed E-state index contributed by atoms with van der Waals surface area (Å²) in [7, 11) is 4.70. The molecule has 0 heterocycles. The maximum atomic E-state index is 13.8. The number of ether oxygens (including phenoxy) is 3. The van der Waals surface area contributed by atoms with E-state index in [9.17, 15) is 14.7 Å². The van der Waals surface area contributed by atoms with Crippen LogP contribution in [0.2, 0.25) is 0 Å². The number of rotatable bonds is 3. The number of aliphatic hydroxyl groups excluding tert-OH is 1. The summed E-state index contributed by atoms with van der Waals surface area (Å²) in [5, 5.41) is 11.1. The Morgan fingerprint density at radius 1 is 1.03 bits per heavy atom. The number of hydrogen-bond acceptors (Lipinski definition) is 6. The predicted octanol–water partition coefficient (Wildman–Crippen LogP) is 5.41. The summed E-state index contributed by atoms with van der Waals surface area (Å²) in [5.41, 5.74) is 5.09. The van der Waals surface area contributed by atoms with E-state index in [4.69, 9.17) is 14.2 Å². The van der Waals surface area contributed by atoms with Crippen LogP contribution in [0.4, 0.5) is 0 Å². The molecule has 2 saturated carbocycles. The molecule has 0 aromatic heterocycles. The number of methoxy groups -OCH3 is 3. The zero-order valence-electron chi connectivity index (χ0n) is 24.3. The van der Waals surface area contributed by atoms with Crippen LogP contribution in [-0.2, 0) is 26.2 Å². The third-order valence-electron chi connectivity index (χ3n) is 11.0. The number of carbonyl (C=O) groups excluding carboxylic acids is 2. The zero-order valence-corrected chi connectivity index (χ0v) is 24.3. The molecule has 4 aliphatic rings. The number of ketones is 1. The molecule has 6 atom stereocenters.